The summed E-state index contributed by atoms with van der Waals surface area (Å²) in [6, 6.07) is 10.9. The number of hydrogen-bond acceptors (Lipinski definition) is 2. The van der Waals surface area contributed by atoms with Crippen LogP contribution < -0.4 is 5.73 Å². The van der Waals surface area contributed by atoms with Crippen LogP contribution in [0.1, 0.15) is 16.7 Å². The first kappa shape index (κ1) is 12.5. The molecule has 0 fully saturated rings. The highest BCUT2D eigenvalue weighted by atomic mass is 35.5. The van der Waals surface area contributed by atoms with Gasteiger partial charge in [0.05, 0.1) is 5.02 Å². The highest BCUT2D eigenvalue weighted by molar-refractivity contribution is 6.30. The van der Waals surface area contributed by atoms with Gasteiger partial charge in [-0.15, -0.1) is 0 Å². The zero-order chi connectivity index (χ0) is 13.4. The minimum absolute atomic E-state index is 0.175. The first-order valence-electron chi connectivity index (χ1n) is 6.16. The number of benzene rings is 2. The molecule has 1 heterocycles. The summed E-state index contributed by atoms with van der Waals surface area (Å²) in [7, 11) is 0. The molecular weight excluding hydrogens is 263 g/mol. The molecule has 0 radical (unpaired) electrons. The number of nitrogens with zero attached hydrogens (tertiary/aromatic N) is 1. The van der Waals surface area contributed by atoms with Crippen LogP contribution in [-0.2, 0) is 19.6 Å². The van der Waals surface area contributed by atoms with Crippen molar-refractivity contribution < 1.29 is 4.39 Å². The van der Waals surface area contributed by atoms with Gasteiger partial charge in [0.1, 0.15) is 5.82 Å². The van der Waals surface area contributed by atoms with Crippen LogP contribution >= 0.6 is 11.6 Å². The molecule has 1 aliphatic heterocycles. The second-order valence-electron chi connectivity index (χ2n) is 4.88. The highest BCUT2D eigenvalue weighted by Crippen LogP contribution is 2.29. The van der Waals surface area contributed by atoms with Gasteiger partial charge in [-0.25, -0.2) is 4.39 Å². The maximum absolute atomic E-state index is 13.1. The van der Waals surface area contributed by atoms with Gasteiger partial charge in [-0.1, -0.05) is 29.8 Å². The second-order valence-corrected chi connectivity index (χ2v) is 5.29. The second kappa shape index (κ2) is 4.83. The normalized spacial score (nSPS) is 14.6. The molecule has 0 saturated heterocycles. The van der Waals surface area contributed by atoms with Gasteiger partial charge < -0.3 is 5.73 Å². The third-order valence-corrected chi connectivity index (χ3v) is 3.76. The van der Waals surface area contributed by atoms with Crippen molar-refractivity contribution >= 4 is 17.3 Å². The summed E-state index contributed by atoms with van der Waals surface area (Å²) in [5, 5.41) is 0.175. The Balaban J connectivity index is 1.77. The standard InChI is InChI=1S/C15H14ClFN2/c16-13-6-10(4-5-14(13)17)7-19-8-11-2-1-3-15(18)12(11)9-19/h1-6H,7-9,18H2. The Bertz CT molecular complexity index is 628. The Morgan fingerprint density at radius 2 is 2.05 bits per heavy atom. The summed E-state index contributed by atoms with van der Waals surface area (Å²) in [5.74, 6) is -0.376. The van der Waals surface area contributed by atoms with Crippen LogP contribution in [0, 0.1) is 5.82 Å². The van der Waals surface area contributed by atoms with E-state index in [1.165, 1.54) is 17.2 Å². The largest absolute Gasteiger partial charge is 0.398 e. The minimum Gasteiger partial charge on any atom is -0.398 e. The van der Waals surface area contributed by atoms with Crippen LogP contribution in [0.3, 0.4) is 0 Å². The molecule has 2 aromatic rings. The molecule has 4 heteroatoms. The van der Waals surface area contributed by atoms with E-state index in [2.05, 4.69) is 11.0 Å². The van der Waals surface area contributed by atoms with Gasteiger partial charge >= 0.3 is 0 Å². The molecule has 0 aliphatic carbocycles. The van der Waals surface area contributed by atoms with Gasteiger partial charge in [0.25, 0.3) is 0 Å². The van der Waals surface area contributed by atoms with Crippen LogP contribution in [0.5, 0.6) is 0 Å². The van der Waals surface area contributed by atoms with Crippen molar-refractivity contribution in [2.24, 2.45) is 0 Å². The van der Waals surface area contributed by atoms with Crippen molar-refractivity contribution in [2.75, 3.05) is 5.73 Å². The van der Waals surface area contributed by atoms with Crippen molar-refractivity contribution in [3.63, 3.8) is 0 Å². The summed E-state index contributed by atoms with van der Waals surface area (Å²) < 4.78 is 13.1. The van der Waals surface area contributed by atoms with Gasteiger partial charge in [0, 0.05) is 25.3 Å². The Kier molecular flexibility index (Phi) is 3.17. The average Bonchev–Trinajstić information content (AvgIpc) is 2.78. The van der Waals surface area contributed by atoms with Crippen molar-refractivity contribution in [3.05, 3.63) is 63.9 Å². The molecule has 0 atom stereocenters. The minimum atomic E-state index is -0.376. The zero-order valence-electron chi connectivity index (χ0n) is 10.4. The van der Waals surface area contributed by atoms with Gasteiger partial charge in [-0.3, -0.25) is 4.90 Å². The van der Waals surface area contributed by atoms with Crippen molar-refractivity contribution in [2.45, 2.75) is 19.6 Å². The molecule has 2 aromatic carbocycles. The van der Waals surface area contributed by atoms with Crippen molar-refractivity contribution in [1.29, 1.82) is 0 Å². The van der Waals surface area contributed by atoms with E-state index in [9.17, 15) is 4.39 Å². The van der Waals surface area contributed by atoms with E-state index in [-0.39, 0.29) is 10.8 Å². The van der Waals surface area contributed by atoms with Gasteiger partial charge in [-0.05, 0) is 34.9 Å². The molecule has 1 aliphatic rings. The number of halogens is 2. The third kappa shape index (κ3) is 2.44. The zero-order valence-corrected chi connectivity index (χ0v) is 11.1. The van der Waals surface area contributed by atoms with E-state index in [0.717, 1.165) is 30.9 Å². The SMILES string of the molecule is Nc1cccc2c1CN(Cc1ccc(F)c(Cl)c1)C2. The fourth-order valence-corrected chi connectivity index (χ4v) is 2.73. The Hall–Kier alpha value is -1.58. The molecule has 3 rings (SSSR count). The lowest BCUT2D eigenvalue weighted by atomic mass is 10.1. The topological polar surface area (TPSA) is 29.3 Å². The summed E-state index contributed by atoms with van der Waals surface area (Å²) in [4.78, 5) is 2.27. The van der Waals surface area contributed by atoms with Gasteiger partial charge in [-0.2, -0.15) is 0 Å². The fourth-order valence-electron chi connectivity index (χ4n) is 2.52. The molecule has 0 aromatic heterocycles. The van der Waals surface area contributed by atoms with Crippen molar-refractivity contribution in [1.82, 2.24) is 4.90 Å². The third-order valence-electron chi connectivity index (χ3n) is 3.48. The predicted molar refractivity (Wildman–Crippen MR) is 75.2 cm³/mol. The monoisotopic (exact) mass is 276 g/mol. The van der Waals surface area contributed by atoms with Crippen LogP contribution in [0.4, 0.5) is 10.1 Å². The molecule has 98 valence electrons. The van der Waals surface area contributed by atoms with Gasteiger partial charge in [0.2, 0.25) is 0 Å². The first-order chi connectivity index (χ1) is 9.13. The molecule has 2 nitrogen and oxygen atoms in total. The quantitative estimate of drug-likeness (QED) is 0.850. The number of nitrogens with two attached hydrogens (primary N) is 1. The lowest BCUT2D eigenvalue weighted by Crippen LogP contribution is -2.15. The van der Waals surface area contributed by atoms with E-state index in [0.29, 0.717) is 0 Å². The van der Waals surface area contributed by atoms with Crippen molar-refractivity contribution in [3.8, 4) is 0 Å². The smallest absolute Gasteiger partial charge is 0.141 e. The van der Waals surface area contributed by atoms with E-state index < -0.39 is 0 Å². The summed E-state index contributed by atoms with van der Waals surface area (Å²) in [6.45, 7) is 2.44. The number of nitrogen functional groups attached to an aromatic ring is 1. The summed E-state index contributed by atoms with van der Waals surface area (Å²) in [6.07, 6.45) is 0. The van der Waals surface area contributed by atoms with Crippen LogP contribution in [0.25, 0.3) is 0 Å². The van der Waals surface area contributed by atoms with Crippen LogP contribution in [0.15, 0.2) is 36.4 Å². The molecule has 0 amide bonds. The van der Waals surface area contributed by atoms with Crippen LogP contribution in [-0.4, -0.2) is 4.90 Å². The molecule has 19 heavy (non-hydrogen) atoms. The van der Waals surface area contributed by atoms with E-state index in [4.69, 9.17) is 17.3 Å². The van der Waals surface area contributed by atoms with Gasteiger partial charge in [0.15, 0.2) is 0 Å². The lowest BCUT2D eigenvalue weighted by molar-refractivity contribution is 0.275. The molecule has 0 bridgehead atoms. The van der Waals surface area contributed by atoms with E-state index >= 15 is 0 Å². The number of hydrogen-bond donors (Lipinski definition) is 1. The Morgan fingerprint density at radius 3 is 2.79 bits per heavy atom. The molecule has 0 spiro atoms. The maximum atomic E-state index is 13.1. The molecule has 2 N–H and O–H groups in total. The lowest BCUT2D eigenvalue weighted by Gasteiger charge is -2.15. The molecule has 0 unspecified atom stereocenters. The Labute approximate surface area is 116 Å². The average molecular weight is 277 g/mol. The van der Waals surface area contributed by atoms with E-state index in [1.54, 1.807) is 12.1 Å². The number of anilines is 1. The molecular formula is C15H14ClFN2. The number of fused-ring (bicyclic) bond motifs is 1. The maximum Gasteiger partial charge on any atom is 0.141 e. The predicted octanol–water partition coefficient (Wildman–Crippen LogP) is 3.58. The van der Waals surface area contributed by atoms with E-state index in [1.807, 2.05) is 12.1 Å². The summed E-state index contributed by atoms with van der Waals surface area (Å²) >= 11 is 5.80. The Morgan fingerprint density at radius 1 is 1.21 bits per heavy atom. The summed E-state index contributed by atoms with van der Waals surface area (Å²) in [5.41, 5.74) is 10.3. The van der Waals surface area contributed by atoms with Crippen LogP contribution in [0.2, 0.25) is 5.02 Å². The fraction of sp³-hybridized carbons (Fsp3) is 0.200. The highest BCUT2D eigenvalue weighted by Gasteiger charge is 2.20. The molecule has 0 saturated carbocycles. The first-order valence-corrected chi connectivity index (χ1v) is 6.54. The number of rotatable bonds is 2.